The summed E-state index contributed by atoms with van der Waals surface area (Å²) < 4.78 is 0. The van der Waals surface area contributed by atoms with Crippen molar-refractivity contribution < 1.29 is 9.59 Å². The van der Waals surface area contributed by atoms with Gasteiger partial charge in [-0.2, -0.15) is 0 Å². The van der Waals surface area contributed by atoms with Crippen LogP contribution in [0, 0.1) is 11.3 Å². The Bertz CT molecular complexity index is 482. The zero-order valence-electron chi connectivity index (χ0n) is 17.2. The number of guanidine groups is 1. The van der Waals surface area contributed by atoms with Gasteiger partial charge in [-0.05, 0) is 39.5 Å². The summed E-state index contributed by atoms with van der Waals surface area (Å²) in [5.41, 5.74) is -0.561. The van der Waals surface area contributed by atoms with Gasteiger partial charge in [-0.3, -0.25) is 9.59 Å². The molecule has 0 bridgehead atoms. The molecule has 0 aromatic rings. The van der Waals surface area contributed by atoms with Crippen molar-refractivity contribution in [1.82, 2.24) is 20.9 Å². The predicted octanol–water partition coefficient (Wildman–Crippen LogP) is 1.35. The molecule has 1 fully saturated rings. The van der Waals surface area contributed by atoms with Crippen LogP contribution in [0.3, 0.4) is 0 Å². The lowest BCUT2D eigenvalue weighted by Gasteiger charge is -2.26. The van der Waals surface area contributed by atoms with Crippen LogP contribution in [-0.4, -0.2) is 62.9 Å². The molecule has 0 spiro atoms. The van der Waals surface area contributed by atoms with E-state index in [9.17, 15) is 9.59 Å². The molecular formula is C19H37N5O2. The van der Waals surface area contributed by atoms with E-state index >= 15 is 0 Å². The van der Waals surface area contributed by atoms with Gasteiger partial charge in [0.05, 0.1) is 5.41 Å². The van der Waals surface area contributed by atoms with Gasteiger partial charge in [0.15, 0.2) is 5.96 Å². The van der Waals surface area contributed by atoms with Gasteiger partial charge < -0.3 is 20.9 Å². The van der Waals surface area contributed by atoms with Crippen LogP contribution >= 0.6 is 0 Å². The molecule has 3 N–H and O–H groups in total. The average molecular weight is 368 g/mol. The normalized spacial score (nSPS) is 16.1. The van der Waals surface area contributed by atoms with Gasteiger partial charge in [0.1, 0.15) is 6.54 Å². The van der Waals surface area contributed by atoms with Gasteiger partial charge in [0.2, 0.25) is 11.8 Å². The van der Waals surface area contributed by atoms with Gasteiger partial charge in [-0.1, -0.05) is 19.3 Å². The zero-order valence-corrected chi connectivity index (χ0v) is 17.2. The van der Waals surface area contributed by atoms with Crippen molar-refractivity contribution in [3.8, 4) is 0 Å². The first kappa shape index (κ1) is 22.3. The summed E-state index contributed by atoms with van der Waals surface area (Å²) in [6, 6.07) is 0. The van der Waals surface area contributed by atoms with Gasteiger partial charge in [-0.15, -0.1) is 0 Å². The minimum absolute atomic E-state index is 0.00324. The highest BCUT2D eigenvalue weighted by molar-refractivity contribution is 5.86. The Labute approximate surface area is 158 Å². The summed E-state index contributed by atoms with van der Waals surface area (Å²) in [6.07, 6.45) is 6.38. The van der Waals surface area contributed by atoms with Crippen LogP contribution in [0.2, 0.25) is 0 Å². The summed E-state index contributed by atoms with van der Waals surface area (Å²) in [6.45, 7) is 7.71. The number of hydrogen-bond acceptors (Lipinski definition) is 3. The van der Waals surface area contributed by atoms with E-state index in [1.807, 2.05) is 20.8 Å². The van der Waals surface area contributed by atoms with Crippen LogP contribution in [0.4, 0.5) is 0 Å². The maximum absolute atomic E-state index is 12.2. The van der Waals surface area contributed by atoms with Crippen molar-refractivity contribution in [2.24, 2.45) is 16.3 Å². The molecule has 0 saturated heterocycles. The van der Waals surface area contributed by atoms with E-state index < -0.39 is 5.41 Å². The summed E-state index contributed by atoms with van der Waals surface area (Å²) in [7, 11) is 3.44. The third-order valence-corrected chi connectivity index (χ3v) is 4.80. The second-order valence-corrected chi connectivity index (χ2v) is 7.93. The molecule has 7 nitrogen and oxygen atoms in total. The largest absolute Gasteiger partial charge is 0.356 e. The molecule has 0 aromatic heterocycles. The standard InChI is InChI=1S/C19H37N5O2/c1-6-20-17(26)19(2,3)14-23-18(22-13-16(25)24(4)5)21-12-15-10-8-7-9-11-15/h15H,6-14H2,1-5H3,(H,20,26)(H2,21,22,23). The van der Waals surface area contributed by atoms with Crippen LogP contribution in [-0.2, 0) is 9.59 Å². The first-order valence-electron chi connectivity index (χ1n) is 9.77. The molecule has 1 rings (SSSR count). The van der Waals surface area contributed by atoms with E-state index in [-0.39, 0.29) is 18.4 Å². The van der Waals surface area contributed by atoms with Crippen molar-refractivity contribution in [3.63, 3.8) is 0 Å². The van der Waals surface area contributed by atoms with Crippen molar-refractivity contribution in [2.45, 2.75) is 52.9 Å². The number of amides is 2. The van der Waals surface area contributed by atoms with Gasteiger partial charge >= 0.3 is 0 Å². The monoisotopic (exact) mass is 367 g/mol. The van der Waals surface area contributed by atoms with Gasteiger partial charge in [0.25, 0.3) is 0 Å². The Kier molecular flexibility index (Phi) is 9.44. The van der Waals surface area contributed by atoms with Crippen LogP contribution in [0.5, 0.6) is 0 Å². The van der Waals surface area contributed by atoms with Gasteiger partial charge in [-0.25, -0.2) is 4.99 Å². The van der Waals surface area contributed by atoms with E-state index in [1.54, 1.807) is 14.1 Å². The van der Waals surface area contributed by atoms with Crippen LogP contribution < -0.4 is 16.0 Å². The fraction of sp³-hybridized carbons (Fsp3) is 0.842. The highest BCUT2D eigenvalue weighted by Crippen LogP contribution is 2.22. The third-order valence-electron chi connectivity index (χ3n) is 4.80. The topological polar surface area (TPSA) is 85.8 Å². The van der Waals surface area contributed by atoms with E-state index in [4.69, 9.17) is 0 Å². The average Bonchev–Trinajstić information content (AvgIpc) is 2.61. The molecule has 1 aliphatic rings. The van der Waals surface area contributed by atoms with E-state index in [0.29, 0.717) is 25.0 Å². The second kappa shape index (κ2) is 11.0. The minimum Gasteiger partial charge on any atom is -0.356 e. The number of rotatable bonds is 8. The quantitative estimate of drug-likeness (QED) is 0.447. The molecule has 2 amide bonds. The van der Waals surface area contributed by atoms with Crippen LogP contribution in [0.15, 0.2) is 4.99 Å². The molecule has 1 aliphatic carbocycles. The lowest BCUT2D eigenvalue weighted by atomic mass is 9.89. The molecular weight excluding hydrogens is 330 g/mol. The lowest BCUT2D eigenvalue weighted by molar-refractivity contribution is -0.129. The Morgan fingerprint density at radius 3 is 2.31 bits per heavy atom. The second-order valence-electron chi connectivity index (χ2n) is 7.93. The number of aliphatic imine (C=N–C) groups is 1. The number of nitrogens with one attached hydrogen (secondary N) is 3. The van der Waals surface area contributed by atoms with Crippen LogP contribution in [0.25, 0.3) is 0 Å². The van der Waals surface area contributed by atoms with E-state index in [0.717, 1.165) is 6.54 Å². The fourth-order valence-corrected chi connectivity index (χ4v) is 2.88. The maximum Gasteiger partial charge on any atom is 0.243 e. The molecule has 0 aromatic carbocycles. The Hall–Kier alpha value is -1.79. The van der Waals surface area contributed by atoms with Crippen molar-refractivity contribution in [2.75, 3.05) is 40.3 Å². The molecule has 0 aliphatic heterocycles. The number of carbonyl (C=O) groups is 2. The summed E-state index contributed by atoms with van der Waals surface area (Å²) in [5.74, 6) is 1.20. The fourth-order valence-electron chi connectivity index (χ4n) is 2.88. The van der Waals surface area contributed by atoms with Gasteiger partial charge in [0, 0.05) is 33.7 Å². The SMILES string of the molecule is CCNC(=O)C(C)(C)CNC(=NCC(=O)N(C)C)NCC1CCCCC1. The number of hydrogen-bond donors (Lipinski definition) is 3. The molecule has 0 radical (unpaired) electrons. The van der Waals surface area contributed by atoms with Crippen LogP contribution in [0.1, 0.15) is 52.9 Å². The number of likely N-dealkylation sites (N-methyl/N-ethyl adjacent to an activating group) is 1. The van der Waals surface area contributed by atoms with E-state index in [1.165, 1.54) is 37.0 Å². The predicted molar refractivity (Wildman–Crippen MR) is 106 cm³/mol. The first-order chi connectivity index (χ1) is 12.3. The summed E-state index contributed by atoms with van der Waals surface area (Å²) in [4.78, 5) is 30.0. The first-order valence-corrected chi connectivity index (χ1v) is 9.77. The Morgan fingerprint density at radius 2 is 1.73 bits per heavy atom. The minimum atomic E-state index is -0.561. The lowest BCUT2D eigenvalue weighted by Crippen LogP contribution is -2.48. The smallest absolute Gasteiger partial charge is 0.243 e. The highest BCUT2D eigenvalue weighted by atomic mass is 16.2. The molecule has 0 heterocycles. The third kappa shape index (κ3) is 8.06. The highest BCUT2D eigenvalue weighted by Gasteiger charge is 2.27. The van der Waals surface area contributed by atoms with Crippen molar-refractivity contribution in [3.05, 3.63) is 0 Å². The van der Waals surface area contributed by atoms with Crippen molar-refractivity contribution in [1.29, 1.82) is 0 Å². The zero-order chi connectivity index (χ0) is 19.6. The maximum atomic E-state index is 12.2. The Balaban J connectivity index is 2.65. The van der Waals surface area contributed by atoms with Crippen molar-refractivity contribution >= 4 is 17.8 Å². The molecule has 150 valence electrons. The summed E-state index contributed by atoms with van der Waals surface area (Å²) >= 11 is 0. The molecule has 0 unspecified atom stereocenters. The number of nitrogens with zero attached hydrogens (tertiary/aromatic N) is 2. The molecule has 0 atom stereocenters. The number of carbonyl (C=O) groups excluding carboxylic acids is 2. The summed E-state index contributed by atoms with van der Waals surface area (Å²) in [5, 5.41) is 9.46. The Morgan fingerprint density at radius 1 is 1.08 bits per heavy atom. The molecule has 26 heavy (non-hydrogen) atoms. The van der Waals surface area contributed by atoms with E-state index in [2.05, 4.69) is 20.9 Å². The molecule has 1 saturated carbocycles. The molecule has 7 heteroatoms.